The molecule has 0 bridgehead atoms. The minimum atomic E-state index is -0.224. The number of aromatic nitrogens is 1. The average molecular weight is 499 g/mol. The SMILES string of the molecule is CCCCn1c(N2CCC(C)CC2)c(/C=C2\SC(=S)N(C3CCCC3)C2=O)c(C)c(C#N)c1=O. The summed E-state index contributed by atoms with van der Waals surface area (Å²) in [7, 11) is 0. The minimum Gasteiger partial charge on any atom is -0.357 e. The van der Waals surface area contributed by atoms with Crippen molar-refractivity contribution in [3.63, 3.8) is 0 Å². The molecule has 1 aromatic heterocycles. The summed E-state index contributed by atoms with van der Waals surface area (Å²) < 4.78 is 2.41. The summed E-state index contributed by atoms with van der Waals surface area (Å²) in [6, 6.07) is 2.34. The molecule has 182 valence electrons. The average Bonchev–Trinajstić information content (AvgIpc) is 3.43. The van der Waals surface area contributed by atoms with Gasteiger partial charge in [0.2, 0.25) is 0 Å². The zero-order valence-electron chi connectivity index (χ0n) is 20.4. The summed E-state index contributed by atoms with van der Waals surface area (Å²) in [5.41, 5.74) is 1.41. The summed E-state index contributed by atoms with van der Waals surface area (Å²) in [4.78, 5) is 31.5. The molecule has 1 amide bonds. The van der Waals surface area contributed by atoms with Gasteiger partial charge in [-0.25, -0.2) is 0 Å². The smallest absolute Gasteiger partial charge is 0.270 e. The number of carbonyl (C=O) groups excluding carboxylic acids is 1. The number of rotatable bonds is 6. The van der Waals surface area contributed by atoms with Gasteiger partial charge in [0.05, 0.1) is 4.91 Å². The third-order valence-electron chi connectivity index (χ3n) is 7.45. The number of anilines is 1. The Morgan fingerprint density at radius 3 is 2.47 bits per heavy atom. The molecule has 0 unspecified atom stereocenters. The number of nitrogens with zero attached hydrogens (tertiary/aromatic N) is 4. The van der Waals surface area contributed by atoms with Gasteiger partial charge >= 0.3 is 0 Å². The predicted molar refractivity (Wildman–Crippen MR) is 143 cm³/mol. The maximum atomic E-state index is 13.4. The Morgan fingerprint density at radius 1 is 1.18 bits per heavy atom. The summed E-state index contributed by atoms with van der Waals surface area (Å²) in [5, 5.41) is 9.85. The van der Waals surface area contributed by atoms with Gasteiger partial charge in [-0.05, 0) is 56.6 Å². The van der Waals surface area contributed by atoms with Crippen LogP contribution in [0.1, 0.15) is 81.9 Å². The number of amides is 1. The highest BCUT2D eigenvalue weighted by Crippen LogP contribution is 2.40. The normalized spacial score (nSPS) is 21.2. The molecule has 3 aliphatic rings. The second-order valence-electron chi connectivity index (χ2n) is 9.82. The molecule has 3 heterocycles. The summed E-state index contributed by atoms with van der Waals surface area (Å²) >= 11 is 6.96. The topological polar surface area (TPSA) is 69.3 Å². The molecule has 2 saturated heterocycles. The number of hydrogen-bond acceptors (Lipinski definition) is 6. The Balaban J connectivity index is 1.85. The van der Waals surface area contributed by atoms with E-state index in [1.165, 1.54) is 11.8 Å². The fourth-order valence-electron chi connectivity index (χ4n) is 5.32. The largest absolute Gasteiger partial charge is 0.357 e. The van der Waals surface area contributed by atoms with E-state index < -0.39 is 0 Å². The Bertz CT molecular complexity index is 1100. The maximum absolute atomic E-state index is 13.4. The van der Waals surface area contributed by atoms with Gasteiger partial charge in [-0.2, -0.15) is 5.26 Å². The molecule has 0 spiro atoms. The molecule has 1 aromatic rings. The van der Waals surface area contributed by atoms with E-state index in [0.29, 0.717) is 27.3 Å². The van der Waals surface area contributed by atoms with Crippen molar-refractivity contribution < 1.29 is 4.79 Å². The van der Waals surface area contributed by atoms with Crippen LogP contribution in [0.15, 0.2) is 9.70 Å². The number of pyridine rings is 1. The van der Waals surface area contributed by atoms with Crippen LogP contribution < -0.4 is 10.5 Å². The van der Waals surface area contributed by atoms with E-state index in [1.807, 2.05) is 13.0 Å². The van der Waals surface area contributed by atoms with Crippen molar-refractivity contribution in [2.75, 3.05) is 18.0 Å². The van der Waals surface area contributed by atoms with Crippen LogP contribution in [0.2, 0.25) is 0 Å². The standard InChI is InChI=1S/C26H34N4O2S2/c1-4-5-12-29-23(28-13-10-17(2)11-14-28)20(18(3)21(16-27)24(29)31)15-22-25(32)30(26(33)34-22)19-8-6-7-9-19/h15,17,19H,4-14H2,1-3H3/b22-15-. The summed E-state index contributed by atoms with van der Waals surface area (Å²) in [6.45, 7) is 8.49. The van der Waals surface area contributed by atoms with Crippen LogP contribution in [0, 0.1) is 24.2 Å². The number of carbonyl (C=O) groups is 1. The zero-order chi connectivity index (χ0) is 24.4. The van der Waals surface area contributed by atoms with Gasteiger partial charge in [0.15, 0.2) is 0 Å². The van der Waals surface area contributed by atoms with Crippen molar-refractivity contribution in [1.82, 2.24) is 9.47 Å². The predicted octanol–water partition coefficient (Wildman–Crippen LogP) is 5.21. The first-order valence-electron chi connectivity index (χ1n) is 12.6. The molecule has 0 aromatic carbocycles. The molecule has 0 radical (unpaired) electrons. The first kappa shape index (κ1) is 25.0. The Labute approximate surface area is 212 Å². The highest BCUT2D eigenvalue weighted by molar-refractivity contribution is 8.26. The zero-order valence-corrected chi connectivity index (χ0v) is 22.1. The lowest BCUT2D eigenvalue weighted by Gasteiger charge is -2.35. The maximum Gasteiger partial charge on any atom is 0.270 e. The van der Waals surface area contributed by atoms with E-state index in [-0.39, 0.29) is 23.1 Å². The summed E-state index contributed by atoms with van der Waals surface area (Å²) in [6.07, 6.45) is 10.1. The molecule has 8 heteroatoms. The van der Waals surface area contributed by atoms with Gasteiger partial charge in [0.1, 0.15) is 21.8 Å². The number of thiocarbonyl (C=S) groups is 1. The molecule has 34 heavy (non-hydrogen) atoms. The third-order valence-corrected chi connectivity index (χ3v) is 8.78. The van der Waals surface area contributed by atoms with Crippen LogP contribution >= 0.6 is 24.0 Å². The quantitative estimate of drug-likeness (QED) is 0.396. The second kappa shape index (κ2) is 10.7. The number of hydrogen-bond donors (Lipinski definition) is 0. The van der Waals surface area contributed by atoms with Crippen LogP contribution in [0.25, 0.3) is 6.08 Å². The first-order chi connectivity index (χ1) is 16.4. The van der Waals surface area contributed by atoms with Crippen molar-refractivity contribution in [1.29, 1.82) is 5.26 Å². The lowest BCUT2D eigenvalue weighted by atomic mass is 9.97. The van der Waals surface area contributed by atoms with Gasteiger partial charge in [-0.3, -0.25) is 19.1 Å². The fraction of sp³-hybridized carbons (Fsp3) is 0.615. The van der Waals surface area contributed by atoms with Gasteiger partial charge in [0, 0.05) is 31.2 Å². The Hall–Kier alpha value is -2.11. The van der Waals surface area contributed by atoms with Crippen LogP contribution in [0.5, 0.6) is 0 Å². The monoisotopic (exact) mass is 498 g/mol. The molecule has 1 saturated carbocycles. The van der Waals surface area contributed by atoms with Crippen LogP contribution in [-0.2, 0) is 11.3 Å². The third kappa shape index (κ3) is 4.70. The lowest BCUT2D eigenvalue weighted by molar-refractivity contribution is -0.123. The van der Waals surface area contributed by atoms with E-state index >= 15 is 0 Å². The molecule has 6 nitrogen and oxygen atoms in total. The Morgan fingerprint density at radius 2 is 1.85 bits per heavy atom. The van der Waals surface area contributed by atoms with Crippen molar-refractivity contribution in [3.8, 4) is 6.07 Å². The molecular formula is C26H34N4O2S2. The van der Waals surface area contributed by atoms with Crippen molar-refractivity contribution in [2.45, 2.75) is 84.7 Å². The second-order valence-corrected chi connectivity index (χ2v) is 11.5. The minimum absolute atomic E-state index is 0.0377. The van der Waals surface area contributed by atoms with Crippen LogP contribution in [-0.4, -0.2) is 38.8 Å². The molecule has 2 aliphatic heterocycles. The molecular weight excluding hydrogens is 464 g/mol. The first-order valence-corrected chi connectivity index (χ1v) is 13.8. The fourth-order valence-corrected chi connectivity index (χ4v) is 6.70. The van der Waals surface area contributed by atoms with Crippen molar-refractivity contribution in [3.05, 3.63) is 31.9 Å². The van der Waals surface area contributed by atoms with Crippen molar-refractivity contribution >= 4 is 46.1 Å². The van der Waals surface area contributed by atoms with E-state index in [4.69, 9.17) is 12.2 Å². The van der Waals surface area contributed by atoms with E-state index in [0.717, 1.165) is 75.8 Å². The lowest BCUT2D eigenvalue weighted by Crippen LogP contribution is -2.39. The van der Waals surface area contributed by atoms with Crippen LogP contribution in [0.3, 0.4) is 0 Å². The van der Waals surface area contributed by atoms with Gasteiger partial charge < -0.3 is 4.90 Å². The number of nitriles is 1. The van der Waals surface area contributed by atoms with Gasteiger partial charge in [-0.15, -0.1) is 0 Å². The van der Waals surface area contributed by atoms with Gasteiger partial charge in [0.25, 0.3) is 11.5 Å². The van der Waals surface area contributed by atoms with E-state index in [1.54, 1.807) is 9.47 Å². The van der Waals surface area contributed by atoms with E-state index in [9.17, 15) is 14.9 Å². The molecule has 0 N–H and O–H groups in total. The molecule has 0 atom stereocenters. The number of piperidine rings is 1. The number of thioether (sulfide) groups is 1. The highest BCUT2D eigenvalue weighted by Gasteiger charge is 2.38. The highest BCUT2D eigenvalue weighted by atomic mass is 32.2. The van der Waals surface area contributed by atoms with Crippen LogP contribution in [0.4, 0.5) is 5.82 Å². The Kier molecular flexibility index (Phi) is 7.83. The molecule has 1 aliphatic carbocycles. The summed E-state index contributed by atoms with van der Waals surface area (Å²) in [5.74, 6) is 1.47. The number of unbranched alkanes of at least 4 members (excludes halogenated alkanes) is 1. The molecule has 3 fully saturated rings. The van der Waals surface area contributed by atoms with E-state index in [2.05, 4.69) is 24.8 Å². The molecule has 4 rings (SSSR count). The van der Waals surface area contributed by atoms with Gasteiger partial charge in [-0.1, -0.05) is 57.1 Å². The van der Waals surface area contributed by atoms with Crippen molar-refractivity contribution in [2.24, 2.45) is 5.92 Å².